The minimum Gasteiger partial charge on any atom is -0.497 e. The maximum absolute atomic E-state index is 10.3. The van der Waals surface area contributed by atoms with E-state index in [4.69, 9.17) is 4.74 Å². The largest absolute Gasteiger partial charge is 0.497 e. The molecule has 90 valence electrons. The quantitative estimate of drug-likeness (QED) is 0.878. The van der Waals surface area contributed by atoms with Gasteiger partial charge in [-0.2, -0.15) is 5.10 Å². The van der Waals surface area contributed by atoms with E-state index < -0.39 is 6.10 Å². The molecule has 0 fully saturated rings. The van der Waals surface area contributed by atoms with E-state index in [9.17, 15) is 5.11 Å². The van der Waals surface area contributed by atoms with Crippen LogP contribution in [0.3, 0.4) is 0 Å². The average Bonchev–Trinajstić information content (AvgIpc) is 2.69. The van der Waals surface area contributed by atoms with Gasteiger partial charge in [0.2, 0.25) is 0 Å². The zero-order valence-electron chi connectivity index (χ0n) is 10.2. The molecule has 0 bridgehead atoms. The Labute approximate surface area is 100 Å². The summed E-state index contributed by atoms with van der Waals surface area (Å²) >= 11 is 0. The van der Waals surface area contributed by atoms with Gasteiger partial charge in [-0.3, -0.25) is 4.68 Å². The first-order valence-corrected chi connectivity index (χ1v) is 5.44. The number of aliphatic hydroxyl groups is 1. The average molecular weight is 232 g/mol. The van der Waals surface area contributed by atoms with Gasteiger partial charge in [0.05, 0.1) is 13.3 Å². The van der Waals surface area contributed by atoms with E-state index in [1.165, 1.54) is 0 Å². The van der Waals surface area contributed by atoms with Gasteiger partial charge in [0.25, 0.3) is 0 Å². The normalized spacial score (nSPS) is 12.5. The number of rotatable bonds is 3. The van der Waals surface area contributed by atoms with Gasteiger partial charge in [-0.05, 0) is 24.6 Å². The van der Waals surface area contributed by atoms with Crippen molar-refractivity contribution in [2.45, 2.75) is 13.0 Å². The van der Waals surface area contributed by atoms with Crippen molar-refractivity contribution < 1.29 is 9.84 Å². The molecule has 2 rings (SSSR count). The molecule has 0 saturated carbocycles. The van der Waals surface area contributed by atoms with Gasteiger partial charge >= 0.3 is 0 Å². The van der Waals surface area contributed by atoms with Crippen molar-refractivity contribution in [3.05, 3.63) is 47.3 Å². The van der Waals surface area contributed by atoms with E-state index in [-0.39, 0.29) is 0 Å². The van der Waals surface area contributed by atoms with Gasteiger partial charge < -0.3 is 9.84 Å². The molecule has 4 heteroatoms. The van der Waals surface area contributed by atoms with Crippen molar-refractivity contribution in [3.8, 4) is 5.75 Å². The van der Waals surface area contributed by atoms with Crippen LogP contribution in [0.15, 0.2) is 30.5 Å². The summed E-state index contributed by atoms with van der Waals surface area (Å²) in [5.74, 6) is 0.739. The van der Waals surface area contributed by atoms with Gasteiger partial charge in [-0.1, -0.05) is 12.1 Å². The Kier molecular flexibility index (Phi) is 3.15. The molecule has 0 radical (unpaired) electrons. The Bertz CT molecular complexity index is 520. The van der Waals surface area contributed by atoms with E-state index in [1.54, 1.807) is 18.0 Å². The summed E-state index contributed by atoms with van der Waals surface area (Å²) in [5, 5.41) is 14.4. The number of nitrogens with zero attached hydrogens (tertiary/aromatic N) is 2. The summed E-state index contributed by atoms with van der Waals surface area (Å²) in [5.41, 5.74) is 2.58. The Morgan fingerprint density at radius 3 is 2.76 bits per heavy atom. The predicted molar refractivity (Wildman–Crippen MR) is 65.0 cm³/mol. The third-order valence-corrected chi connectivity index (χ3v) is 2.98. The minimum absolute atomic E-state index is 0.668. The molecule has 1 unspecified atom stereocenters. The predicted octanol–water partition coefficient (Wildman–Crippen LogP) is 1.82. The second kappa shape index (κ2) is 4.59. The highest BCUT2D eigenvalue weighted by molar-refractivity contribution is 5.35. The van der Waals surface area contributed by atoms with Crippen molar-refractivity contribution in [3.63, 3.8) is 0 Å². The van der Waals surface area contributed by atoms with E-state index in [2.05, 4.69) is 5.10 Å². The number of ether oxygens (including phenoxy) is 1. The van der Waals surface area contributed by atoms with Crippen LogP contribution in [0.2, 0.25) is 0 Å². The number of aromatic nitrogens is 2. The number of benzene rings is 1. The number of hydrogen-bond acceptors (Lipinski definition) is 3. The Morgan fingerprint density at radius 2 is 2.18 bits per heavy atom. The van der Waals surface area contributed by atoms with Crippen LogP contribution in [0.4, 0.5) is 0 Å². The number of methoxy groups -OCH3 is 1. The van der Waals surface area contributed by atoms with E-state index in [0.29, 0.717) is 0 Å². The van der Waals surface area contributed by atoms with E-state index >= 15 is 0 Å². The number of aliphatic hydroxyl groups excluding tert-OH is 1. The van der Waals surface area contributed by atoms with Crippen molar-refractivity contribution in [2.75, 3.05) is 7.11 Å². The zero-order valence-corrected chi connectivity index (χ0v) is 10.2. The lowest BCUT2D eigenvalue weighted by Gasteiger charge is -2.11. The van der Waals surface area contributed by atoms with Gasteiger partial charge in [-0.15, -0.1) is 0 Å². The van der Waals surface area contributed by atoms with Crippen LogP contribution in [0.25, 0.3) is 0 Å². The second-order valence-electron chi connectivity index (χ2n) is 3.99. The molecule has 2 aromatic rings. The van der Waals surface area contributed by atoms with Crippen LogP contribution >= 0.6 is 0 Å². The SMILES string of the molecule is COc1cccc(C(O)c2cnn(C)c2C)c1. The maximum Gasteiger partial charge on any atom is 0.119 e. The summed E-state index contributed by atoms with van der Waals surface area (Å²) in [6.07, 6.45) is 1.03. The molecule has 1 atom stereocenters. The van der Waals surface area contributed by atoms with Crippen molar-refractivity contribution >= 4 is 0 Å². The fraction of sp³-hybridized carbons (Fsp3) is 0.308. The lowest BCUT2D eigenvalue weighted by atomic mass is 10.0. The Balaban J connectivity index is 2.36. The molecule has 0 aliphatic carbocycles. The molecule has 0 saturated heterocycles. The molecule has 0 spiro atoms. The fourth-order valence-corrected chi connectivity index (χ4v) is 1.78. The van der Waals surface area contributed by atoms with Crippen LogP contribution in [-0.4, -0.2) is 22.0 Å². The van der Waals surface area contributed by atoms with Gasteiger partial charge in [-0.25, -0.2) is 0 Å². The van der Waals surface area contributed by atoms with Crippen LogP contribution in [0, 0.1) is 6.92 Å². The molecule has 1 aromatic heterocycles. The fourth-order valence-electron chi connectivity index (χ4n) is 1.78. The topological polar surface area (TPSA) is 47.3 Å². The second-order valence-corrected chi connectivity index (χ2v) is 3.99. The van der Waals surface area contributed by atoms with E-state index in [1.807, 2.05) is 38.2 Å². The summed E-state index contributed by atoms with van der Waals surface area (Å²) in [6, 6.07) is 7.42. The van der Waals surface area contributed by atoms with Gasteiger partial charge in [0.15, 0.2) is 0 Å². The third kappa shape index (κ3) is 2.17. The van der Waals surface area contributed by atoms with Gasteiger partial charge in [0.1, 0.15) is 11.9 Å². The first kappa shape index (κ1) is 11.7. The lowest BCUT2D eigenvalue weighted by Crippen LogP contribution is -2.02. The summed E-state index contributed by atoms with van der Waals surface area (Å²) < 4.78 is 6.89. The molecule has 0 aliphatic rings. The first-order chi connectivity index (χ1) is 8.13. The minimum atomic E-state index is -0.668. The number of hydrogen-bond donors (Lipinski definition) is 1. The summed E-state index contributed by atoms with van der Waals surface area (Å²) in [4.78, 5) is 0. The van der Waals surface area contributed by atoms with Crippen molar-refractivity contribution in [1.29, 1.82) is 0 Å². The molecular weight excluding hydrogens is 216 g/mol. The highest BCUT2D eigenvalue weighted by Gasteiger charge is 2.16. The molecule has 17 heavy (non-hydrogen) atoms. The molecule has 0 aliphatic heterocycles. The standard InChI is InChI=1S/C13H16N2O2/c1-9-12(8-14-15(9)2)13(16)10-5-4-6-11(7-10)17-3/h4-8,13,16H,1-3H3. The van der Waals surface area contributed by atoms with Gasteiger partial charge in [0, 0.05) is 18.3 Å². The Hall–Kier alpha value is -1.81. The van der Waals surface area contributed by atoms with E-state index in [0.717, 1.165) is 22.6 Å². The molecule has 4 nitrogen and oxygen atoms in total. The Morgan fingerprint density at radius 1 is 1.41 bits per heavy atom. The molecule has 0 amide bonds. The van der Waals surface area contributed by atoms with Crippen molar-refractivity contribution in [1.82, 2.24) is 9.78 Å². The molecular formula is C13H16N2O2. The molecule has 1 heterocycles. The lowest BCUT2D eigenvalue weighted by molar-refractivity contribution is 0.219. The monoisotopic (exact) mass is 232 g/mol. The summed E-state index contributed by atoms with van der Waals surface area (Å²) in [7, 11) is 3.47. The molecule has 1 N–H and O–H groups in total. The maximum atomic E-state index is 10.3. The molecule has 1 aromatic carbocycles. The highest BCUT2D eigenvalue weighted by atomic mass is 16.5. The van der Waals surface area contributed by atoms with Crippen LogP contribution < -0.4 is 4.74 Å². The zero-order chi connectivity index (χ0) is 12.4. The van der Waals surface area contributed by atoms with Crippen molar-refractivity contribution in [2.24, 2.45) is 7.05 Å². The highest BCUT2D eigenvalue weighted by Crippen LogP contribution is 2.26. The van der Waals surface area contributed by atoms with Crippen LogP contribution in [0.5, 0.6) is 5.75 Å². The summed E-state index contributed by atoms with van der Waals surface area (Å²) in [6.45, 7) is 1.94. The number of aryl methyl sites for hydroxylation is 1. The van der Waals surface area contributed by atoms with Crippen LogP contribution in [0.1, 0.15) is 22.9 Å². The first-order valence-electron chi connectivity index (χ1n) is 5.44. The third-order valence-electron chi connectivity index (χ3n) is 2.98. The van der Waals surface area contributed by atoms with Crippen LogP contribution in [-0.2, 0) is 7.05 Å². The smallest absolute Gasteiger partial charge is 0.119 e.